The molecule has 1 aliphatic rings. The first-order valence-corrected chi connectivity index (χ1v) is 8.58. The number of hydrogen-bond acceptors (Lipinski definition) is 6. The summed E-state index contributed by atoms with van der Waals surface area (Å²) in [6.45, 7) is 2.48. The van der Waals surface area contributed by atoms with Crippen LogP contribution in [0.15, 0.2) is 29.6 Å². The number of aromatic nitrogens is 2. The monoisotopic (exact) mass is 332 g/mol. The van der Waals surface area contributed by atoms with Gasteiger partial charge in [0, 0.05) is 24.5 Å². The van der Waals surface area contributed by atoms with E-state index < -0.39 is 0 Å². The first kappa shape index (κ1) is 16.0. The summed E-state index contributed by atoms with van der Waals surface area (Å²) in [4.78, 5) is 14.3. The minimum absolute atomic E-state index is 0.204. The van der Waals surface area contributed by atoms with Crippen molar-refractivity contribution in [3.63, 3.8) is 0 Å². The molecule has 1 aliphatic heterocycles. The van der Waals surface area contributed by atoms with Crippen LogP contribution in [0.1, 0.15) is 34.5 Å². The van der Waals surface area contributed by atoms with Gasteiger partial charge in [-0.3, -0.25) is 9.69 Å². The Balaban J connectivity index is 1.65. The van der Waals surface area contributed by atoms with E-state index in [0.717, 1.165) is 43.0 Å². The molecule has 2 N–H and O–H groups in total. The van der Waals surface area contributed by atoms with Crippen LogP contribution >= 0.6 is 11.5 Å². The highest BCUT2D eigenvalue weighted by Gasteiger charge is 2.24. The smallest absolute Gasteiger partial charge is 0.273 e. The Hall–Kier alpha value is -1.83. The molecule has 2 heterocycles. The molecule has 6 nitrogen and oxygen atoms in total. The summed E-state index contributed by atoms with van der Waals surface area (Å²) in [5.74, 6) is -0.206. The third-order valence-corrected chi connectivity index (χ3v) is 4.74. The number of carbonyl (C=O) groups is 1. The second-order valence-electron chi connectivity index (χ2n) is 5.69. The molecule has 2 aromatic rings. The summed E-state index contributed by atoms with van der Waals surface area (Å²) in [5, 5.41) is 17.8. The van der Waals surface area contributed by atoms with Crippen molar-refractivity contribution in [1.29, 1.82) is 0 Å². The van der Waals surface area contributed by atoms with Gasteiger partial charge < -0.3 is 10.4 Å². The molecule has 1 amide bonds. The lowest BCUT2D eigenvalue weighted by molar-refractivity contribution is 0.0945. The van der Waals surface area contributed by atoms with Gasteiger partial charge >= 0.3 is 0 Å². The van der Waals surface area contributed by atoms with Crippen LogP contribution in [0.3, 0.4) is 0 Å². The molecule has 0 radical (unpaired) electrons. The van der Waals surface area contributed by atoms with Gasteiger partial charge in [0.05, 0.1) is 6.61 Å². The Morgan fingerprint density at radius 1 is 1.39 bits per heavy atom. The van der Waals surface area contributed by atoms with Crippen molar-refractivity contribution in [1.82, 2.24) is 19.8 Å². The minimum atomic E-state index is -0.206. The number of carbonyl (C=O) groups excluding carboxylic acids is 1. The molecule has 1 aromatic carbocycles. The van der Waals surface area contributed by atoms with Gasteiger partial charge in [-0.05, 0) is 42.0 Å². The number of amides is 1. The topological polar surface area (TPSA) is 78.4 Å². The van der Waals surface area contributed by atoms with Crippen molar-refractivity contribution >= 4 is 17.4 Å². The first-order chi connectivity index (χ1) is 11.3. The molecule has 0 saturated carbocycles. The predicted molar refractivity (Wildman–Crippen MR) is 88.0 cm³/mol. The van der Waals surface area contributed by atoms with Crippen LogP contribution < -0.4 is 5.32 Å². The summed E-state index contributed by atoms with van der Waals surface area (Å²) in [7, 11) is 0. The van der Waals surface area contributed by atoms with Crippen molar-refractivity contribution in [2.75, 3.05) is 13.2 Å². The normalized spacial score (nSPS) is 18.2. The third-order valence-electron chi connectivity index (χ3n) is 4.23. The molecule has 3 rings (SSSR count). The highest BCUT2D eigenvalue weighted by Crippen LogP contribution is 2.21. The summed E-state index contributed by atoms with van der Waals surface area (Å²) in [5.41, 5.74) is 2.63. The Labute approximate surface area is 139 Å². The molecule has 0 aliphatic carbocycles. The molecule has 7 heteroatoms. The third kappa shape index (κ3) is 3.93. The molecule has 0 unspecified atom stereocenters. The molecule has 122 valence electrons. The van der Waals surface area contributed by atoms with Gasteiger partial charge in [-0.25, -0.2) is 0 Å². The predicted octanol–water partition coefficient (Wildman–Crippen LogP) is 1.42. The highest BCUT2D eigenvalue weighted by atomic mass is 32.1. The number of rotatable bonds is 6. The van der Waals surface area contributed by atoms with Gasteiger partial charge in [0.25, 0.3) is 5.91 Å². The number of hydrogen-bond donors (Lipinski definition) is 2. The van der Waals surface area contributed by atoms with Crippen molar-refractivity contribution in [3.05, 3.63) is 46.5 Å². The van der Waals surface area contributed by atoms with Crippen LogP contribution in [0.4, 0.5) is 0 Å². The Bertz CT molecular complexity index is 647. The van der Waals surface area contributed by atoms with Crippen LogP contribution in [0.2, 0.25) is 0 Å². The number of likely N-dealkylation sites (tertiary alicyclic amines) is 1. The maximum atomic E-state index is 12.0. The van der Waals surface area contributed by atoms with E-state index in [1.54, 1.807) is 5.38 Å². The number of nitrogens with one attached hydrogen (secondary N) is 1. The van der Waals surface area contributed by atoms with Crippen molar-refractivity contribution in [3.8, 4) is 0 Å². The van der Waals surface area contributed by atoms with Gasteiger partial charge in [-0.15, -0.1) is 5.10 Å². The maximum absolute atomic E-state index is 12.0. The standard InChI is InChI=1S/C16H20N4O2S/c21-10-14-6-3-7-20(14)9-13-5-2-1-4-12(13)8-17-16(22)15-11-23-19-18-15/h1-2,4-5,11,14,21H,3,6-10H2,(H,17,22)/t14-/m1/s1. The van der Waals surface area contributed by atoms with E-state index in [1.807, 2.05) is 18.2 Å². The van der Waals surface area contributed by atoms with E-state index in [9.17, 15) is 9.90 Å². The summed E-state index contributed by atoms with van der Waals surface area (Å²) >= 11 is 1.16. The lowest BCUT2D eigenvalue weighted by Gasteiger charge is -2.24. The lowest BCUT2D eigenvalue weighted by atomic mass is 10.1. The Morgan fingerprint density at radius 3 is 2.96 bits per heavy atom. The molecule has 1 atom stereocenters. The molecular formula is C16H20N4O2S. The van der Waals surface area contributed by atoms with Crippen LogP contribution in [-0.2, 0) is 13.1 Å². The van der Waals surface area contributed by atoms with Crippen LogP contribution in [-0.4, -0.2) is 44.7 Å². The number of aliphatic hydroxyl groups is 1. The van der Waals surface area contributed by atoms with E-state index in [4.69, 9.17) is 0 Å². The second kappa shape index (κ2) is 7.63. The van der Waals surface area contributed by atoms with Gasteiger partial charge in [0.2, 0.25) is 0 Å². The zero-order valence-electron chi connectivity index (χ0n) is 12.8. The van der Waals surface area contributed by atoms with Gasteiger partial charge in [-0.1, -0.05) is 28.8 Å². The summed E-state index contributed by atoms with van der Waals surface area (Å²) in [6, 6.07) is 8.34. The molecule has 1 aromatic heterocycles. The van der Waals surface area contributed by atoms with Crippen molar-refractivity contribution in [2.24, 2.45) is 0 Å². The van der Waals surface area contributed by atoms with E-state index >= 15 is 0 Å². The molecule has 1 fully saturated rings. The first-order valence-electron chi connectivity index (χ1n) is 7.75. The Kier molecular flexibility index (Phi) is 5.32. The van der Waals surface area contributed by atoms with Crippen LogP contribution in [0.25, 0.3) is 0 Å². The SMILES string of the molecule is O=C(NCc1ccccc1CN1CCC[C@@H]1CO)c1csnn1. The quantitative estimate of drug-likeness (QED) is 0.836. The lowest BCUT2D eigenvalue weighted by Crippen LogP contribution is -2.32. The average Bonchev–Trinajstić information content (AvgIpc) is 3.25. The van der Waals surface area contributed by atoms with Gasteiger partial charge in [0.15, 0.2) is 5.69 Å². The minimum Gasteiger partial charge on any atom is -0.395 e. The fourth-order valence-electron chi connectivity index (χ4n) is 2.94. The zero-order valence-corrected chi connectivity index (χ0v) is 13.6. The summed E-state index contributed by atoms with van der Waals surface area (Å²) in [6.07, 6.45) is 2.17. The summed E-state index contributed by atoms with van der Waals surface area (Å²) < 4.78 is 3.70. The van der Waals surface area contributed by atoms with Gasteiger partial charge in [0.1, 0.15) is 0 Å². The molecule has 1 saturated heterocycles. The van der Waals surface area contributed by atoms with Crippen molar-refractivity contribution < 1.29 is 9.90 Å². The maximum Gasteiger partial charge on any atom is 0.273 e. The van der Waals surface area contributed by atoms with E-state index in [1.165, 1.54) is 5.56 Å². The molecule has 0 bridgehead atoms. The molecule has 23 heavy (non-hydrogen) atoms. The van der Waals surface area contributed by atoms with E-state index in [2.05, 4.69) is 25.9 Å². The van der Waals surface area contributed by atoms with Crippen LogP contribution in [0.5, 0.6) is 0 Å². The fourth-order valence-corrected chi connectivity index (χ4v) is 3.38. The van der Waals surface area contributed by atoms with Crippen LogP contribution in [0, 0.1) is 0 Å². The van der Waals surface area contributed by atoms with E-state index in [0.29, 0.717) is 12.2 Å². The number of nitrogens with zero attached hydrogens (tertiary/aromatic N) is 3. The number of aliphatic hydroxyl groups excluding tert-OH is 1. The van der Waals surface area contributed by atoms with Crippen molar-refractivity contribution in [2.45, 2.75) is 32.0 Å². The number of benzene rings is 1. The average molecular weight is 332 g/mol. The second-order valence-corrected chi connectivity index (χ2v) is 6.30. The zero-order chi connectivity index (χ0) is 16.1. The Morgan fingerprint density at radius 2 is 2.22 bits per heavy atom. The van der Waals surface area contributed by atoms with E-state index in [-0.39, 0.29) is 18.6 Å². The highest BCUT2D eigenvalue weighted by molar-refractivity contribution is 7.03. The fraction of sp³-hybridized carbons (Fsp3) is 0.438. The molecular weight excluding hydrogens is 312 g/mol. The van der Waals surface area contributed by atoms with Gasteiger partial charge in [-0.2, -0.15) is 0 Å². The molecule has 0 spiro atoms. The largest absolute Gasteiger partial charge is 0.395 e.